The highest BCUT2D eigenvalue weighted by atomic mass is 35.5. The Labute approximate surface area is 214 Å². The highest BCUT2D eigenvalue weighted by Crippen LogP contribution is 2.40. The van der Waals surface area contributed by atoms with Gasteiger partial charge in [-0.15, -0.1) is 0 Å². The number of nitrogens with zero attached hydrogens (tertiary/aromatic N) is 1. The number of ketones is 1. The van der Waals surface area contributed by atoms with Gasteiger partial charge < -0.3 is 5.11 Å². The lowest BCUT2D eigenvalue weighted by Crippen LogP contribution is -2.29. The van der Waals surface area contributed by atoms with Gasteiger partial charge in [0, 0.05) is 19.0 Å². The molecule has 5 nitrogen and oxygen atoms in total. The molecule has 1 aromatic heterocycles. The Morgan fingerprint density at radius 3 is 2.19 bits per heavy atom. The maximum absolute atomic E-state index is 13.3. The number of carbonyl (C=O) groups excluding carboxylic acids is 1. The molecule has 0 aliphatic heterocycles. The van der Waals surface area contributed by atoms with E-state index in [1.807, 2.05) is 32.9 Å². The molecule has 0 amide bonds. The first-order valence-electron chi connectivity index (χ1n) is 11.7. The Hall–Kier alpha value is -2.39. The molecular formula is C26H29ClF3NO4S. The largest absolute Gasteiger partial charge is 0.512 e. The van der Waals surface area contributed by atoms with Gasteiger partial charge in [0.15, 0.2) is 20.6 Å². The quantitative estimate of drug-likeness (QED) is 0.428. The molecule has 3 rings (SSSR count). The van der Waals surface area contributed by atoms with Crippen LogP contribution in [0, 0.1) is 18.8 Å². The summed E-state index contributed by atoms with van der Waals surface area (Å²) >= 11 is 5.85. The van der Waals surface area contributed by atoms with Crippen molar-refractivity contribution in [1.82, 2.24) is 4.98 Å². The van der Waals surface area contributed by atoms with Crippen LogP contribution in [0.25, 0.3) is 5.57 Å². The molecule has 1 heterocycles. The van der Waals surface area contributed by atoms with Crippen molar-refractivity contribution in [2.45, 2.75) is 64.6 Å². The standard InChI is InChI=1S/C26H29ClF3NO4S/c1-5-16-7-14(3)8-17(6-2)23(16)24-21(32)9-18(10-22(24)33)15(4)13-36(34,35)25-20(27)11-19(12-31-25)26(28,29)30/h7-8,11-12,15,18,32H,5-6,9-10,13H2,1-4H3. The zero-order valence-corrected chi connectivity index (χ0v) is 22.1. The predicted octanol–water partition coefficient (Wildman–Crippen LogP) is 6.55. The van der Waals surface area contributed by atoms with Crippen LogP contribution < -0.4 is 0 Å². The molecule has 0 radical (unpaired) electrons. The van der Waals surface area contributed by atoms with Gasteiger partial charge in [0.1, 0.15) is 5.76 Å². The third-order valence-corrected chi connectivity index (χ3v) is 8.92. The number of Topliss-reactive ketones (excluding diaryl/α,β-unsaturated/α-hetero) is 1. The van der Waals surface area contributed by atoms with Crippen LogP contribution in [-0.2, 0) is 33.6 Å². The molecule has 36 heavy (non-hydrogen) atoms. The minimum absolute atomic E-state index is 0.0461. The molecule has 2 unspecified atom stereocenters. The Balaban J connectivity index is 1.88. The van der Waals surface area contributed by atoms with Crippen LogP contribution in [0.3, 0.4) is 0 Å². The Bertz CT molecular complexity index is 1290. The van der Waals surface area contributed by atoms with E-state index in [0.717, 1.165) is 22.3 Å². The summed E-state index contributed by atoms with van der Waals surface area (Å²) in [5, 5.41) is 9.71. The molecule has 1 aliphatic carbocycles. The average molecular weight is 544 g/mol. The van der Waals surface area contributed by atoms with Crippen LogP contribution in [0.1, 0.15) is 61.4 Å². The van der Waals surface area contributed by atoms with Crippen molar-refractivity contribution < 1.29 is 31.5 Å². The molecule has 1 N–H and O–H groups in total. The zero-order chi connectivity index (χ0) is 27.0. The van der Waals surface area contributed by atoms with E-state index in [-0.39, 0.29) is 24.4 Å². The SMILES string of the molecule is CCc1cc(C)cc(CC)c1C1=C(O)CC(C(C)CS(=O)(=O)c2ncc(C(F)(F)F)cc2Cl)CC1=O. The summed E-state index contributed by atoms with van der Waals surface area (Å²) in [7, 11) is -4.15. The number of hydrogen-bond donors (Lipinski definition) is 1. The molecule has 0 fully saturated rings. The maximum Gasteiger partial charge on any atom is 0.417 e. The summed E-state index contributed by atoms with van der Waals surface area (Å²) in [6.45, 7) is 7.58. The van der Waals surface area contributed by atoms with Gasteiger partial charge in [-0.3, -0.25) is 4.79 Å². The third-order valence-electron chi connectivity index (χ3n) is 6.64. The molecule has 1 aliphatic rings. The van der Waals surface area contributed by atoms with Crippen molar-refractivity contribution in [3.63, 3.8) is 0 Å². The monoisotopic (exact) mass is 543 g/mol. The fourth-order valence-corrected chi connectivity index (χ4v) is 7.01. The fraction of sp³-hybridized carbons (Fsp3) is 0.462. The first-order chi connectivity index (χ1) is 16.7. The maximum atomic E-state index is 13.3. The van der Waals surface area contributed by atoms with Gasteiger partial charge in [0.25, 0.3) is 0 Å². The van der Waals surface area contributed by atoms with Crippen LogP contribution in [0.4, 0.5) is 13.2 Å². The van der Waals surface area contributed by atoms with Crippen LogP contribution in [0.15, 0.2) is 35.2 Å². The van der Waals surface area contributed by atoms with Crippen molar-refractivity contribution in [1.29, 1.82) is 0 Å². The van der Waals surface area contributed by atoms with Crippen molar-refractivity contribution in [3.05, 3.63) is 63.0 Å². The van der Waals surface area contributed by atoms with Crippen LogP contribution in [0.2, 0.25) is 5.02 Å². The van der Waals surface area contributed by atoms with E-state index >= 15 is 0 Å². The minimum Gasteiger partial charge on any atom is -0.512 e. The number of aliphatic hydroxyl groups is 1. The lowest BCUT2D eigenvalue weighted by atomic mass is 9.76. The molecule has 2 aromatic rings. The van der Waals surface area contributed by atoms with Crippen molar-refractivity contribution >= 4 is 32.8 Å². The predicted molar refractivity (Wildman–Crippen MR) is 133 cm³/mol. The second-order valence-corrected chi connectivity index (χ2v) is 11.7. The van der Waals surface area contributed by atoms with Gasteiger partial charge in [-0.1, -0.05) is 50.1 Å². The minimum atomic E-state index is -4.71. The lowest BCUT2D eigenvalue weighted by Gasteiger charge is -2.29. The van der Waals surface area contributed by atoms with Gasteiger partial charge in [-0.2, -0.15) is 13.2 Å². The molecule has 0 saturated heterocycles. The summed E-state index contributed by atoms with van der Waals surface area (Å²) in [6, 6.07) is 4.55. The summed E-state index contributed by atoms with van der Waals surface area (Å²) in [5.74, 6) is -1.86. The van der Waals surface area contributed by atoms with E-state index in [4.69, 9.17) is 11.6 Å². The Morgan fingerprint density at radius 1 is 1.14 bits per heavy atom. The van der Waals surface area contributed by atoms with Gasteiger partial charge in [-0.05, 0) is 54.4 Å². The normalized spacial score (nSPS) is 18.0. The average Bonchev–Trinajstić information content (AvgIpc) is 2.77. The first kappa shape index (κ1) is 28.2. The van der Waals surface area contributed by atoms with E-state index in [0.29, 0.717) is 30.7 Å². The lowest BCUT2D eigenvalue weighted by molar-refractivity contribution is -0.137. The van der Waals surface area contributed by atoms with E-state index in [1.54, 1.807) is 6.92 Å². The number of rotatable bonds is 7. The summed E-state index contributed by atoms with van der Waals surface area (Å²) in [6.07, 6.45) is -2.73. The molecular weight excluding hydrogens is 515 g/mol. The number of benzene rings is 1. The van der Waals surface area contributed by atoms with Crippen LogP contribution in [-0.4, -0.2) is 30.0 Å². The van der Waals surface area contributed by atoms with Gasteiger partial charge in [0.2, 0.25) is 0 Å². The number of allylic oxidation sites excluding steroid dienone is 2. The number of halogens is 4. The Kier molecular flexibility index (Phi) is 8.25. The number of sulfone groups is 1. The molecule has 196 valence electrons. The molecule has 10 heteroatoms. The second kappa shape index (κ2) is 10.5. The van der Waals surface area contributed by atoms with Gasteiger partial charge in [-0.25, -0.2) is 13.4 Å². The number of aliphatic hydroxyl groups excluding tert-OH is 1. The number of hydrogen-bond acceptors (Lipinski definition) is 5. The van der Waals surface area contributed by atoms with E-state index in [2.05, 4.69) is 4.98 Å². The second-order valence-electron chi connectivity index (χ2n) is 9.35. The molecule has 2 atom stereocenters. The van der Waals surface area contributed by atoms with Crippen molar-refractivity contribution in [2.24, 2.45) is 11.8 Å². The Morgan fingerprint density at radius 2 is 1.72 bits per heavy atom. The molecule has 1 aromatic carbocycles. The first-order valence-corrected chi connectivity index (χ1v) is 13.8. The topological polar surface area (TPSA) is 84.3 Å². The molecule has 0 bridgehead atoms. The highest BCUT2D eigenvalue weighted by Gasteiger charge is 2.37. The van der Waals surface area contributed by atoms with Crippen LogP contribution in [0.5, 0.6) is 0 Å². The number of alkyl halides is 3. The van der Waals surface area contributed by atoms with Crippen molar-refractivity contribution in [3.8, 4) is 0 Å². The van der Waals surface area contributed by atoms with Crippen LogP contribution >= 0.6 is 11.6 Å². The third kappa shape index (κ3) is 5.78. The number of aromatic nitrogens is 1. The summed E-state index contributed by atoms with van der Waals surface area (Å²) < 4.78 is 64.5. The van der Waals surface area contributed by atoms with E-state index in [9.17, 15) is 31.5 Å². The summed E-state index contributed by atoms with van der Waals surface area (Å²) in [5.41, 5.74) is 2.92. The highest BCUT2D eigenvalue weighted by molar-refractivity contribution is 7.91. The summed E-state index contributed by atoms with van der Waals surface area (Å²) in [4.78, 5) is 16.7. The smallest absolute Gasteiger partial charge is 0.417 e. The van der Waals surface area contributed by atoms with E-state index in [1.165, 1.54) is 0 Å². The molecule has 0 saturated carbocycles. The molecule has 0 spiro atoms. The van der Waals surface area contributed by atoms with Gasteiger partial charge in [0.05, 0.1) is 21.9 Å². The number of pyridine rings is 1. The van der Waals surface area contributed by atoms with Gasteiger partial charge >= 0.3 is 6.18 Å². The number of aryl methyl sites for hydroxylation is 3. The fourth-order valence-electron chi connectivity index (χ4n) is 4.80. The zero-order valence-electron chi connectivity index (χ0n) is 20.5. The number of carbonyl (C=O) groups is 1. The van der Waals surface area contributed by atoms with Crippen molar-refractivity contribution in [2.75, 3.05) is 5.75 Å². The van der Waals surface area contributed by atoms with E-state index < -0.39 is 49.2 Å².